The van der Waals surface area contributed by atoms with Gasteiger partial charge in [0.05, 0.1) is 32.3 Å². The van der Waals surface area contributed by atoms with Gasteiger partial charge >= 0.3 is 0 Å². The molecular formula is C43H25N3OS. The van der Waals surface area contributed by atoms with E-state index in [1.165, 1.54) is 43.7 Å². The van der Waals surface area contributed by atoms with Crippen LogP contribution in [0.4, 0.5) is 0 Å². The number of nitrogens with zero attached hydrogens (tertiary/aromatic N) is 3. The van der Waals surface area contributed by atoms with Gasteiger partial charge in [-0.15, -0.1) is 0 Å². The predicted octanol–water partition coefficient (Wildman–Crippen LogP) is 12.1. The molecule has 224 valence electrons. The molecule has 0 saturated heterocycles. The van der Waals surface area contributed by atoms with Crippen molar-refractivity contribution in [1.82, 2.24) is 14.1 Å². The molecular weight excluding hydrogens is 607 g/mol. The fraction of sp³-hybridized carbons (Fsp3) is 0. The van der Waals surface area contributed by atoms with E-state index in [9.17, 15) is 0 Å². The summed E-state index contributed by atoms with van der Waals surface area (Å²) in [5.74, 6) is 0. The van der Waals surface area contributed by atoms with Crippen LogP contribution >= 0.6 is 11.3 Å². The number of rotatable bonds is 3. The molecule has 11 rings (SSSR count). The zero-order valence-corrected chi connectivity index (χ0v) is 26.4. The summed E-state index contributed by atoms with van der Waals surface area (Å²) >= 11 is 1.73. The molecule has 0 amide bonds. The predicted molar refractivity (Wildman–Crippen MR) is 201 cm³/mol. The molecule has 11 aromatic rings. The van der Waals surface area contributed by atoms with Crippen LogP contribution in [-0.2, 0) is 0 Å². The number of para-hydroxylation sites is 4. The molecule has 0 aliphatic carbocycles. The summed E-state index contributed by atoms with van der Waals surface area (Å²) in [5.41, 5.74) is 11.0. The van der Waals surface area contributed by atoms with E-state index in [-0.39, 0.29) is 0 Å². The monoisotopic (exact) mass is 631 g/mol. The van der Waals surface area contributed by atoms with Crippen molar-refractivity contribution in [3.05, 3.63) is 152 Å². The van der Waals surface area contributed by atoms with Crippen LogP contribution in [0.1, 0.15) is 0 Å². The molecule has 0 radical (unpaired) electrons. The van der Waals surface area contributed by atoms with Crippen LogP contribution in [0.3, 0.4) is 0 Å². The van der Waals surface area contributed by atoms with Crippen LogP contribution in [0.25, 0.3) is 97.7 Å². The van der Waals surface area contributed by atoms with Crippen molar-refractivity contribution in [3.63, 3.8) is 0 Å². The van der Waals surface area contributed by atoms with E-state index < -0.39 is 0 Å². The van der Waals surface area contributed by atoms with E-state index in [4.69, 9.17) is 9.40 Å². The van der Waals surface area contributed by atoms with Crippen molar-refractivity contribution < 1.29 is 4.42 Å². The van der Waals surface area contributed by atoms with Gasteiger partial charge in [-0.05, 0) is 65.7 Å². The molecule has 0 saturated carbocycles. The molecule has 4 aromatic heterocycles. The summed E-state index contributed by atoms with van der Waals surface area (Å²) in [6.07, 6.45) is 0. The Labute approximate surface area is 278 Å². The van der Waals surface area contributed by atoms with Gasteiger partial charge < -0.3 is 8.98 Å². The van der Waals surface area contributed by atoms with Gasteiger partial charge in [-0.2, -0.15) is 0 Å². The average molecular weight is 632 g/mol. The number of furan rings is 1. The first kappa shape index (κ1) is 26.0. The van der Waals surface area contributed by atoms with Crippen LogP contribution in [0.5, 0.6) is 0 Å². The van der Waals surface area contributed by atoms with Gasteiger partial charge in [0, 0.05) is 38.0 Å². The lowest BCUT2D eigenvalue weighted by atomic mass is 9.98. The molecule has 0 aliphatic rings. The van der Waals surface area contributed by atoms with Crippen LogP contribution in [0.15, 0.2) is 156 Å². The summed E-state index contributed by atoms with van der Waals surface area (Å²) in [6, 6.07) is 54.1. The molecule has 0 fully saturated rings. The van der Waals surface area contributed by atoms with Gasteiger partial charge in [-0.25, -0.2) is 4.98 Å². The second-order valence-electron chi connectivity index (χ2n) is 12.4. The second kappa shape index (κ2) is 9.67. The first-order valence-electron chi connectivity index (χ1n) is 16.1. The lowest BCUT2D eigenvalue weighted by Crippen LogP contribution is -1.93. The van der Waals surface area contributed by atoms with Crippen molar-refractivity contribution in [2.24, 2.45) is 0 Å². The second-order valence-corrected chi connectivity index (χ2v) is 13.3. The normalized spacial score (nSPS) is 12.2. The molecule has 0 bridgehead atoms. The summed E-state index contributed by atoms with van der Waals surface area (Å²) in [4.78, 5) is 5.24. The molecule has 0 atom stereocenters. The van der Waals surface area contributed by atoms with Gasteiger partial charge in [-0.1, -0.05) is 108 Å². The summed E-state index contributed by atoms with van der Waals surface area (Å²) in [7, 11) is 0. The lowest BCUT2D eigenvalue weighted by Gasteiger charge is -2.10. The Morgan fingerprint density at radius 3 is 2.06 bits per heavy atom. The highest BCUT2D eigenvalue weighted by atomic mass is 32.1. The number of hydrogen-bond donors (Lipinski definition) is 0. The number of benzene rings is 7. The van der Waals surface area contributed by atoms with Crippen molar-refractivity contribution in [1.29, 1.82) is 0 Å². The van der Waals surface area contributed by atoms with Crippen LogP contribution in [0, 0.1) is 0 Å². The van der Waals surface area contributed by atoms with E-state index in [1.807, 2.05) is 12.1 Å². The highest BCUT2D eigenvalue weighted by Crippen LogP contribution is 2.43. The summed E-state index contributed by atoms with van der Waals surface area (Å²) in [5, 5.41) is 8.16. The molecule has 0 spiro atoms. The zero-order chi connectivity index (χ0) is 31.3. The van der Waals surface area contributed by atoms with E-state index in [0.29, 0.717) is 0 Å². The lowest BCUT2D eigenvalue weighted by molar-refractivity contribution is 0.669. The van der Waals surface area contributed by atoms with E-state index in [2.05, 4.69) is 149 Å². The maximum atomic E-state index is 6.22. The Hall–Kier alpha value is -6.17. The topological polar surface area (TPSA) is 35.9 Å². The first-order valence-corrected chi connectivity index (χ1v) is 17.0. The van der Waals surface area contributed by atoms with Gasteiger partial charge in [0.2, 0.25) is 0 Å². The summed E-state index contributed by atoms with van der Waals surface area (Å²) in [6.45, 7) is 0. The van der Waals surface area contributed by atoms with E-state index >= 15 is 0 Å². The SMILES string of the molecule is c1ccc(-n2c3ccccc3c3ccc(-c4cccc5c4c4ccccc4n5-c4nc5ccc6oc7ccccc7c6c5s4)cc32)cc1. The molecule has 48 heavy (non-hydrogen) atoms. The van der Waals surface area contributed by atoms with E-state index in [0.717, 1.165) is 54.0 Å². The largest absolute Gasteiger partial charge is 0.456 e. The Kier molecular flexibility index (Phi) is 5.23. The van der Waals surface area contributed by atoms with Crippen LogP contribution in [0.2, 0.25) is 0 Å². The van der Waals surface area contributed by atoms with Crippen molar-refractivity contribution in [2.75, 3.05) is 0 Å². The third-order valence-electron chi connectivity index (χ3n) is 9.77. The molecule has 0 N–H and O–H groups in total. The van der Waals surface area contributed by atoms with Gasteiger partial charge in [0.15, 0.2) is 5.13 Å². The quantitative estimate of drug-likeness (QED) is 0.194. The minimum Gasteiger partial charge on any atom is -0.456 e. The number of thiazole rings is 1. The fourth-order valence-electron chi connectivity index (χ4n) is 7.74. The standard InChI is InChI=1S/C43H25N3OS/c1-2-11-27(12-3-1)45-34-17-7-4-13-29(34)30-22-21-26(25-37(30)45)28-16-10-19-36-40(28)31-14-5-8-18-35(31)46(36)43-44-33-23-24-39-41(42(33)48-43)32-15-6-9-20-38(32)47-39/h1-25H. The number of fused-ring (bicyclic) bond motifs is 11. The Morgan fingerprint density at radius 1 is 0.479 bits per heavy atom. The molecule has 7 aromatic carbocycles. The van der Waals surface area contributed by atoms with Crippen molar-refractivity contribution in [3.8, 4) is 21.9 Å². The first-order chi connectivity index (χ1) is 23.8. The minimum atomic E-state index is 0.895. The Morgan fingerprint density at radius 2 is 1.19 bits per heavy atom. The third kappa shape index (κ3) is 3.51. The maximum absolute atomic E-state index is 6.22. The van der Waals surface area contributed by atoms with Crippen molar-refractivity contribution >= 4 is 87.1 Å². The van der Waals surface area contributed by atoms with Gasteiger partial charge in [-0.3, -0.25) is 4.57 Å². The molecule has 0 aliphatic heterocycles. The molecule has 4 nitrogen and oxygen atoms in total. The molecule has 5 heteroatoms. The van der Waals surface area contributed by atoms with Crippen LogP contribution < -0.4 is 0 Å². The van der Waals surface area contributed by atoms with Gasteiger partial charge in [0.25, 0.3) is 0 Å². The number of aromatic nitrogens is 3. The maximum Gasteiger partial charge on any atom is 0.195 e. The Bertz CT molecular complexity index is 3070. The highest BCUT2D eigenvalue weighted by molar-refractivity contribution is 7.22. The molecule has 0 unspecified atom stereocenters. The minimum absolute atomic E-state index is 0.895. The molecule has 4 heterocycles. The fourth-order valence-corrected chi connectivity index (χ4v) is 8.88. The highest BCUT2D eigenvalue weighted by Gasteiger charge is 2.21. The summed E-state index contributed by atoms with van der Waals surface area (Å²) < 4.78 is 12.1. The average Bonchev–Trinajstić information content (AvgIpc) is 3.90. The van der Waals surface area contributed by atoms with Gasteiger partial charge in [0.1, 0.15) is 11.2 Å². The van der Waals surface area contributed by atoms with E-state index in [1.54, 1.807) is 11.3 Å². The Balaban J connectivity index is 1.18. The smallest absolute Gasteiger partial charge is 0.195 e. The van der Waals surface area contributed by atoms with Crippen molar-refractivity contribution in [2.45, 2.75) is 0 Å². The third-order valence-corrected chi connectivity index (χ3v) is 10.8. The van der Waals surface area contributed by atoms with Crippen LogP contribution in [-0.4, -0.2) is 14.1 Å². The number of hydrogen-bond acceptors (Lipinski definition) is 3. The zero-order valence-electron chi connectivity index (χ0n) is 25.6.